The molecule has 0 radical (unpaired) electrons. The largest absolute Gasteiger partial charge is 0.326 e. The van der Waals surface area contributed by atoms with Crippen LogP contribution in [0.4, 0.5) is 10.1 Å². The second-order valence-corrected chi connectivity index (χ2v) is 10.8. The maximum atomic E-state index is 13.3. The van der Waals surface area contributed by atoms with Gasteiger partial charge in [0.05, 0.1) is 29.3 Å². The van der Waals surface area contributed by atoms with Crippen molar-refractivity contribution in [3.05, 3.63) is 91.9 Å². The summed E-state index contributed by atoms with van der Waals surface area (Å²) in [4.78, 5) is 29.8. The third-order valence-corrected chi connectivity index (χ3v) is 7.30. The van der Waals surface area contributed by atoms with Gasteiger partial charge in [-0.1, -0.05) is 34.8 Å². The zero-order valence-electron chi connectivity index (χ0n) is 17.5. The lowest BCUT2D eigenvalue weighted by Gasteiger charge is -2.10. The van der Waals surface area contributed by atoms with Crippen LogP contribution in [0.25, 0.3) is 0 Å². The van der Waals surface area contributed by atoms with Gasteiger partial charge in [0.2, 0.25) is 5.91 Å². The van der Waals surface area contributed by atoms with Crippen LogP contribution in [0.5, 0.6) is 0 Å². The van der Waals surface area contributed by atoms with E-state index in [0.29, 0.717) is 32.6 Å². The van der Waals surface area contributed by atoms with Crippen LogP contribution in [-0.4, -0.2) is 21.0 Å². The molecule has 1 saturated carbocycles. The number of hydrogen-bond acceptors (Lipinski definition) is 3. The van der Waals surface area contributed by atoms with Gasteiger partial charge in [-0.05, 0) is 60.5 Å². The number of nitrogens with one attached hydrogen (secondary N) is 1. The molecule has 4 rings (SSSR count). The minimum atomic E-state index is -1.34. The molecule has 0 aliphatic heterocycles. The topological polar surface area (TPSA) is 59.1 Å². The van der Waals surface area contributed by atoms with E-state index in [0.717, 1.165) is 6.20 Å². The number of ketones is 1. The van der Waals surface area contributed by atoms with E-state index in [1.54, 1.807) is 31.2 Å². The van der Waals surface area contributed by atoms with E-state index in [-0.39, 0.29) is 22.8 Å². The molecule has 1 fully saturated rings. The second kappa shape index (κ2) is 9.63. The molecule has 0 spiro atoms. The molecule has 1 heterocycles. The molecule has 10 heteroatoms. The third kappa shape index (κ3) is 5.19. The van der Waals surface area contributed by atoms with E-state index in [1.165, 1.54) is 18.2 Å². The van der Waals surface area contributed by atoms with Crippen LogP contribution in [-0.2, 0) is 11.2 Å². The SMILES string of the molecule is Cc1cc(F)cnc1CC(=O)c1cc(NC(=O)C2C(c3cc(Cl)cc(Cl)c3)C2(Cl)Cl)ccc1Cl. The Morgan fingerprint density at radius 2 is 1.74 bits per heavy atom. The zero-order valence-corrected chi connectivity index (χ0v) is 21.3. The fourth-order valence-corrected chi connectivity index (χ4v) is 5.45. The Kier molecular flexibility index (Phi) is 7.14. The first-order valence-electron chi connectivity index (χ1n) is 10.1. The molecule has 0 saturated heterocycles. The van der Waals surface area contributed by atoms with Gasteiger partial charge >= 0.3 is 0 Å². The highest BCUT2D eigenvalue weighted by Gasteiger charge is 2.67. The summed E-state index contributed by atoms with van der Waals surface area (Å²) in [6.07, 6.45) is 0.980. The summed E-state index contributed by atoms with van der Waals surface area (Å²) in [7, 11) is 0. The van der Waals surface area contributed by atoms with E-state index in [2.05, 4.69) is 10.3 Å². The molecule has 1 amide bonds. The van der Waals surface area contributed by atoms with Gasteiger partial charge in [-0.15, -0.1) is 23.2 Å². The number of anilines is 1. The number of aryl methyl sites for hydroxylation is 1. The molecule has 176 valence electrons. The molecule has 4 nitrogen and oxygen atoms in total. The van der Waals surface area contributed by atoms with Crippen LogP contribution in [0.1, 0.15) is 33.1 Å². The molecular formula is C24H16Cl5FN2O2. The number of carbonyl (C=O) groups is 2. The first-order valence-corrected chi connectivity index (χ1v) is 11.9. The van der Waals surface area contributed by atoms with E-state index in [9.17, 15) is 14.0 Å². The number of nitrogens with zero attached hydrogens (tertiary/aromatic N) is 1. The Labute approximate surface area is 220 Å². The van der Waals surface area contributed by atoms with Gasteiger partial charge in [0.1, 0.15) is 10.2 Å². The van der Waals surface area contributed by atoms with Gasteiger partial charge in [0.15, 0.2) is 5.78 Å². The Morgan fingerprint density at radius 1 is 1.06 bits per heavy atom. The maximum absolute atomic E-state index is 13.3. The number of pyridine rings is 1. The number of alkyl halides is 2. The number of carbonyl (C=O) groups excluding carboxylic acids is 2. The number of aromatic nitrogens is 1. The fourth-order valence-electron chi connectivity index (χ4n) is 3.86. The van der Waals surface area contributed by atoms with Crippen molar-refractivity contribution in [3.63, 3.8) is 0 Å². The van der Waals surface area contributed by atoms with E-state index >= 15 is 0 Å². The summed E-state index contributed by atoms with van der Waals surface area (Å²) in [6, 6.07) is 10.7. The number of benzene rings is 2. The van der Waals surface area contributed by atoms with E-state index in [4.69, 9.17) is 58.0 Å². The number of hydrogen-bond donors (Lipinski definition) is 1. The first kappa shape index (κ1) is 25.2. The Hall–Kier alpha value is -1.89. The summed E-state index contributed by atoms with van der Waals surface area (Å²) in [5.74, 6) is -2.50. The van der Waals surface area contributed by atoms with Crippen LogP contribution in [0.15, 0.2) is 48.7 Å². The minimum absolute atomic E-state index is 0.0735. The first-order chi connectivity index (χ1) is 16.0. The maximum Gasteiger partial charge on any atom is 0.231 e. The highest BCUT2D eigenvalue weighted by molar-refractivity contribution is 6.53. The molecular weight excluding hydrogens is 545 g/mol. The van der Waals surface area contributed by atoms with Gasteiger partial charge in [-0.2, -0.15) is 0 Å². The molecule has 0 bridgehead atoms. The van der Waals surface area contributed by atoms with Gasteiger partial charge in [0, 0.05) is 27.2 Å². The number of Topliss-reactive ketones (excluding diaryl/α,β-unsaturated/α-hetero) is 1. The van der Waals surface area contributed by atoms with Gasteiger partial charge in [0.25, 0.3) is 0 Å². The average molecular weight is 561 g/mol. The Balaban J connectivity index is 1.52. The van der Waals surface area contributed by atoms with Crippen molar-refractivity contribution in [1.82, 2.24) is 4.98 Å². The summed E-state index contributed by atoms with van der Waals surface area (Å²) in [5, 5.41) is 3.77. The Morgan fingerprint density at radius 3 is 2.38 bits per heavy atom. The molecule has 1 aliphatic carbocycles. The monoisotopic (exact) mass is 558 g/mol. The average Bonchev–Trinajstić information content (AvgIpc) is 3.33. The van der Waals surface area contributed by atoms with Crippen molar-refractivity contribution in [2.24, 2.45) is 5.92 Å². The predicted molar refractivity (Wildman–Crippen MR) is 134 cm³/mol. The van der Waals surface area contributed by atoms with Crippen molar-refractivity contribution in [2.75, 3.05) is 5.32 Å². The highest BCUT2D eigenvalue weighted by atomic mass is 35.5. The summed E-state index contributed by atoms with van der Waals surface area (Å²) >= 11 is 31.2. The van der Waals surface area contributed by atoms with Crippen LogP contribution in [0.3, 0.4) is 0 Å². The van der Waals surface area contributed by atoms with Gasteiger partial charge < -0.3 is 5.32 Å². The smallest absolute Gasteiger partial charge is 0.231 e. The van der Waals surface area contributed by atoms with Crippen molar-refractivity contribution >= 4 is 75.4 Å². The molecule has 1 N–H and O–H groups in total. The molecule has 2 atom stereocenters. The zero-order chi connectivity index (χ0) is 24.8. The number of halogens is 6. The standard InChI is InChI=1S/C24H16Cl5FN2O2/c1-11-4-15(30)10-31-19(11)9-20(33)17-8-16(2-3-18(17)27)32-23(34)22-21(24(22,28)29)12-5-13(25)7-14(26)6-12/h2-8,10,21-22H,9H2,1H3,(H,32,34). The number of rotatable bonds is 6. The molecule has 2 aromatic carbocycles. The molecule has 34 heavy (non-hydrogen) atoms. The van der Waals surface area contributed by atoms with Crippen molar-refractivity contribution < 1.29 is 14.0 Å². The summed E-state index contributed by atoms with van der Waals surface area (Å²) in [5.41, 5.74) is 2.18. The van der Waals surface area contributed by atoms with Crippen LogP contribution >= 0.6 is 58.0 Å². The van der Waals surface area contributed by atoms with Gasteiger partial charge in [-0.25, -0.2) is 4.39 Å². The van der Waals surface area contributed by atoms with Crippen LogP contribution < -0.4 is 5.32 Å². The third-order valence-electron chi connectivity index (χ3n) is 5.60. The summed E-state index contributed by atoms with van der Waals surface area (Å²) < 4.78 is 12.0. The minimum Gasteiger partial charge on any atom is -0.326 e. The van der Waals surface area contributed by atoms with Crippen LogP contribution in [0.2, 0.25) is 15.1 Å². The van der Waals surface area contributed by atoms with Crippen molar-refractivity contribution in [1.29, 1.82) is 0 Å². The lowest BCUT2D eigenvalue weighted by Crippen LogP contribution is -2.17. The predicted octanol–water partition coefficient (Wildman–Crippen LogP) is 7.44. The van der Waals surface area contributed by atoms with E-state index < -0.39 is 27.9 Å². The fraction of sp³-hybridized carbons (Fsp3) is 0.208. The van der Waals surface area contributed by atoms with Crippen molar-refractivity contribution in [3.8, 4) is 0 Å². The van der Waals surface area contributed by atoms with Crippen LogP contribution in [0, 0.1) is 18.7 Å². The highest BCUT2D eigenvalue weighted by Crippen LogP contribution is 2.65. The molecule has 1 aliphatic rings. The molecule has 1 aromatic heterocycles. The number of amides is 1. The van der Waals surface area contributed by atoms with Gasteiger partial charge in [-0.3, -0.25) is 14.6 Å². The Bertz CT molecular complexity index is 1290. The molecule has 3 aromatic rings. The quantitative estimate of drug-likeness (QED) is 0.252. The summed E-state index contributed by atoms with van der Waals surface area (Å²) in [6.45, 7) is 1.67. The second-order valence-electron chi connectivity index (χ2n) is 8.03. The lowest BCUT2D eigenvalue weighted by molar-refractivity contribution is -0.117. The van der Waals surface area contributed by atoms with Crippen molar-refractivity contribution in [2.45, 2.75) is 23.6 Å². The normalized spacial score (nSPS) is 18.4. The lowest BCUT2D eigenvalue weighted by atomic mass is 10.0. The molecule has 2 unspecified atom stereocenters. The van der Waals surface area contributed by atoms with E-state index in [1.807, 2.05) is 0 Å².